The predicted octanol–water partition coefficient (Wildman–Crippen LogP) is 6.77. The average molecular weight is 463 g/mol. The lowest BCUT2D eigenvalue weighted by atomic mass is 10.0. The molecule has 2 aromatic carbocycles. The van der Waals surface area contributed by atoms with Gasteiger partial charge in [-0.3, -0.25) is 4.79 Å². The Kier molecular flexibility index (Phi) is 6.15. The molecule has 1 aliphatic carbocycles. The van der Waals surface area contributed by atoms with Crippen molar-refractivity contribution in [2.45, 2.75) is 26.6 Å². The molecule has 0 aliphatic heterocycles. The number of hydrogen-bond acceptors (Lipinski definition) is 2. The highest BCUT2D eigenvalue weighted by molar-refractivity contribution is 6.30. The molecule has 0 bridgehead atoms. The molecule has 3 rings (SSSR count). The van der Waals surface area contributed by atoms with E-state index in [9.17, 15) is 31.1 Å². The van der Waals surface area contributed by atoms with Gasteiger partial charge in [-0.2, -0.15) is 13.2 Å². The van der Waals surface area contributed by atoms with Crippen molar-refractivity contribution in [3.8, 4) is 11.1 Å². The highest BCUT2D eigenvalue weighted by Gasteiger charge is 2.62. The molecule has 0 amide bonds. The third-order valence-corrected chi connectivity index (χ3v) is 5.81. The lowest BCUT2D eigenvalue weighted by Gasteiger charge is -2.11. The molecule has 0 heterocycles. The molecule has 166 valence electrons. The first-order valence-electron chi connectivity index (χ1n) is 9.18. The topological polar surface area (TPSA) is 26.3 Å². The van der Waals surface area contributed by atoms with Crippen LogP contribution in [0.15, 0.2) is 47.5 Å². The van der Waals surface area contributed by atoms with Crippen LogP contribution in [0.2, 0.25) is 0 Å². The number of benzene rings is 2. The van der Waals surface area contributed by atoms with E-state index in [2.05, 4.69) is 0 Å². The first kappa shape index (κ1) is 23.2. The first-order valence-corrected chi connectivity index (χ1v) is 9.56. The number of halogens is 7. The summed E-state index contributed by atoms with van der Waals surface area (Å²) in [6.45, 7) is 2.32. The minimum absolute atomic E-state index is 0.0945. The maximum absolute atomic E-state index is 14.8. The van der Waals surface area contributed by atoms with Crippen LogP contribution in [-0.2, 0) is 16.1 Å². The second-order valence-corrected chi connectivity index (χ2v) is 8.22. The van der Waals surface area contributed by atoms with E-state index in [0.29, 0.717) is 0 Å². The van der Waals surface area contributed by atoms with Crippen LogP contribution in [0.5, 0.6) is 0 Å². The summed E-state index contributed by atoms with van der Waals surface area (Å²) >= 11 is 5.25. The molecule has 0 spiro atoms. The number of alkyl halides is 3. The van der Waals surface area contributed by atoms with Crippen molar-refractivity contribution in [3.05, 3.63) is 70.5 Å². The highest BCUT2D eigenvalue weighted by atomic mass is 35.5. The van der Waals surface area contributed by atoms with Gasteiger partial charge in [-0.15, -0.1) is 0 Å². The van der Waals surface area contributed by atoms with Gasteiger partial charge in [-0.25, -0.2) is 13.2 Å². The molecule has 2 unspecified atom stereocenters. The zero-order chi connectivity index (χ0) is 23.1. The van der Waals surface area contributed by atoms with E-state index in [1.807, 2.05) is 0 Å². The molecule has 1 aliphatic rings. The Morgan fingerprint density at radius 2 is 1.71 bits per heavy atom. The van der Waals surface area contributed by atoms with Gasteiger partial charge in [0.15, 0.2) is 0 Å². The van der Waals surface area contributed by atoms with E-state index < -0.39 is 64.1 Å². The molecule has 2 atom stereocenters. The Hall–Kier alpha value is -2.48. The van der Waals surface area contributed by atoms with E-state index >= 15 is 0 Å². The van der Waals surface area contributed by atoms with E-state index in [0.717, 1.165) is 24.3 Å². The molecule has 0 radical (unpaired) electrons. The van der Waals surface area contributed by atoms with E-state index in [4.69, 9.17) is 16.3 Å². The molecular weight excluding hydrogens is 446 g/mol. The van der Waals surface area contributed by atoms with Gasteiger partial charge in [0.25, 0.3) is 0 Å². The van der Waals surface area contributed by atoms with E-state index in [-0.39, 0.29) is 11.1 Å². The molecule has 2 aromatic rings. The second-order valence-electron chi connectivity index (χ2n) is 7.81. The van der Waals surface area contributed by atoms with Crippen LogP contribution in [0.4, 0.5) is 26.3 Å². The summed E-state index contributed by atoms with van der Waals surface area (Å²) in [6.07, 6.45) is -4.00. The summed E-state index contributed by atoms with van der Waals surface area (Å²) in [5.41, 5.74) is -1.76. The molecule has 0 N–H and O–H groups in total. The number of carbonyl (C=O) groups is 1. The van der Waals surface area contributed by atoms with E-state index in [1.54, 1.807) is 13.8 Å². The maximum atomic E-state index is 14.8. The Bertz CT molecular complexity index is 1040. The Labute approximate surface area is 179 Å². The molecule has 31 heavy (non-hydrogen) atoms. The quantitative estimate of drug-likeness (QED) is 0.362. The standard InChI is InChI=1S/C22H17ClF6O2/c1-21(2)14(9-17(23)22(27,28)29)18(21)20(30)31-10-13-16(25)8-7-12(19(13)26)11-5-3-4-6-15(11)24/h3-9,14,18H,10H2,1-2H3. The lowest BCUT2D eigenvalue weighted by Crippen LogP contribution is -2.12. The Morgan fingerprint density at radius 3 is 2.32 bits per heavy atom. The molecule has 0 saturated heterocycles. The first-order chi connectivity index (χ1) is 14.4. The summed E-state index contributed by atoms with van der Waals surface area (Å²) in [4.78, 5) is 12.4. The number of carbonyl (C=O) groups excluding carboxylic acids is 1. The van der Waals surface area contributed by atoms with Crippen LogP contribution < -0.4 is 0 Å². The minimum atomic E-state index is -4.74. The maximum Gasteiger partial charge on any atom is 0.426 e. The van der Waals surface area contributed by atoms with Crippen molar-refractivity contribution >= 4 is 17.6 Å². The van der Waals surface area contributed by atoms with Crippen molar-refractivity contribution in [2.75, 3.05) is 0 Å². The number of ether oxygens (including phenoxy) is 1. The summed E-state index contributed by atoms with van der Waals surface area (Å²) in [6, 6.07) is 7.32. The van der Waals surface area contributed by atoms with Crippen LogP contribution in [0.25, 0.3) is 11.1 Å². The molecule has 0 aromatic heterocycles. The molecule has 1 saturated carbocycles. The number of allylic oxidation sites excluding steroid dienone is 2. The lowest BCUT2D eigenvalue weighted by molar-refractivity contribution is -0.147. The van der Waals surface area contributed by atoms with Gasteiger partial charge in [0.1, 0.15) is 29.1 Å². The van der Waals surface area contributed by atoms with Gasteiger partial charge < -0.3 is 4.74 Å². The third-order valence-electron chi connectivity index (χ3n) is 5.47. The van der Waals surface area contributed by atoms with Crippen LogP contribution in [0.1, 0.15) is 19.4 Å². The Morgan fingerprint density at radius 1 is 1.06 bits per heavy atom. The molecule has 1 fully saturated rings. The number of esters is 1. The second kappa shape index (κ2) is 8.22. The summed E-state index contributed by atoms with van der Waals surface area (Å²) in [7, 11) is 0. The van der Waals surface area contributed by atoms with Crippen LogP contribution in [-0.4, -0.2) is 12.1 Å². The Balaban J connectivity index is 1.78. The fourth-order valence-electron chi connectivity index (χ4n) is 3.54. The van der Waals surface area contributed by atoms with Gasteiger partial charge >= 0.3 is 12.1 Å². The number of hydrogen-bond donors (Lipinski definition) is 0. The summed E-state index contributed by atoms with van der Waals surface area (Å²) < 4.78 is 86.0. The molecule has 2 nitrogen and oxygen atoms in total. The van der Waals surface area contributed by atoms with Gasteiger partial charge in [0.2, 0.25) is 0 Å². The largest absolute Gasteiger partial charge is 0.460 e. The predicted molar refractivity (Wildman–Crippen MR) is 102 cm³/mol. The van der Waals surface area contributed by atoms with Crippen LogP contribution in [0, 0.1) is 34.7 Å². The van der Waals surface area contributed by atoms with Crippen LogP contribution in [0.3, 0.4) is 0 Å². The van der Waals surface area contributed by atoms with Gasteiger partial charge in [-0.1, -0.05) is 49.7 Å². The fraction of sp³-hybridized carbons (Fsp3) is 0.318. The third kappa shape index (κ3) is 4.59. The fourth-order valence-corrected chi connectivity index (χ4v) is 3.68. The van der Waals surface area contributed by atoms with Crippen LogP contribution >= 0.6 is 11.6 Å². The minimum Gasteiger partial charge on any atom is -0.460 e. The van der Waals surface area contributed by atoms with E-state index in [1.165, 1.54) is 18.2 Å². The normalized spacial score (nSPS) is 20.5. The zero-order valence-corrected chi connectivity index (χ0v) is 17.1. The smallest absolute Gasteiger partial charge is 0.426 e. The average Bonchev–Trinajstić information content (AvgIpc) is 3.21. The van der Waals surface area contributed by atoms with Gasteiger partial charge in [-0.05, 0) is 29.5 Å². The van der Waals surface area contributed by atoms with Crippen molar-refractivity contribution in [1.29, 1.82) is 0 Å². The van der Waals surface area contributed by atoms with Gasteiger partial charge in [0, 0.05) is 11.1 Å². The van der Waals surface area contributed by atoms with Crippen molar-refractivity contribution < 1.29 is 35.9 Å². The van der Waals surface area contributed by atoms with Crippen molar-refractivity contribution in [2.24, 2.45) is 17.3 Å². The SMILES string of the molecule is CC1(C)C(C=C(Cl)C(F)(F)F)C1C(=O)OCc1c(F)ccc(-c2ccccc2F)c1F. The summed E-state index contributed by atoms with van der Waals surface area (Å²) in [5, 5.41) is -1.35. The van der Waals surface area contributed by atoms with Crippen molar-refractivity contribution in [1.82, 2.24) is 0 Å². The number of rotatable bonds is 5. The van der Waals surface area contributed by atoms with Crippen molar-refractivity contribution in [3.63, 3.8) is 0 Å². The molecule has 9 heteroatoms. The zero-order valence-electron chi connectivity index (χ0n) is 16.4. The van der Waals surface area contributed by atoms with Gasteiger partial charge in [0.05, 0.1) is 11.5 Å². The molecular formula is C22H17ClF6O2. The monoisotopic (exact) mass is 462 g/mol. The highest BCUT2D eigenvalue weighted by Crippen LogP contribution is 2.60. The summed E-state index contributed by atoms with van der Waals surface area (Å²) in [5.74, 6) is -5.51.